The van der Waals surface area contributed by atoms with Crippen LogP contribution >= 0.6 is 0 Å². The van der Waals surface area contributed by atoms with Gasteiger partial charge in [0.05, 0.1) is 19.3 Å². The van der Waals surface area contributed by atoms with Crippen molar-refractivity contribution in [3.63, 3.8) is 0 Å². The molecule has 1 fully saturated rings. The van der Waals surface area contributed by atoms with E-state index in [0.717, 1.165) is 48.0 Å². The number of ether oxygens (including phenoxy) is 2. The lowest BCUT2D eigenvalue weighted by molar-refractivity contribution is 0.237. The number of anilines is 1. The van der Waals surface area contributed by atoms with Crippen molar-refractivity contribution in [2.75, 3.05) is 31.2 Å². The fraction of sp³-hybridized carbons (Fsp3) is 0.455. The molecule has 0 radical (unpaired) electrons. The third-order valence-electron chi connectivity index (χ3n) is 5.31. The number of rotatable bonds is 5. The normalized spacial score (nSPS) is 16.8. The van der Waals surface area contributed by atoms with Crippen molar-refractivity contribution in [3.8, 4) is 11.5 Å². The van der Waals surface area contributed by atoms with Crippen LogP contribution in [0.4, 0.5) is 10.6 Å². The van der Waals surface area contributed by atoms with Gasteiger partial charge in [-0.05, 0) is 49.1 Å². The van der Waals surface area contributed by atoms with Gasteiger partial charge in [-0.25, -0.2) is 9.78 Å². The third kappa shape index (κ3) is 4.91. The number of hydrogen-bond donors (Lipinski definition) is 2. The van der Waals surface area contributed by atoms with Crippen LogP contribution in [0.2, 0.25) is 0 Å². The second-order valence-electron chi connectivity index (χ2n) is 7.52. The summed E-state index contributed by atoms with van der Waals surface area (Å²) in [5.41, 5.74) is 1.95. The number of fused-ring (bicyclic) bond motifs is 1. The SMILES string of the molecule is CC(NC(=O)NCc1ccc(N2CCCC2)nc1)c1ccc2c(c1)OCCCO2. The van der Waals surface area contributed by atoms with Crippen LogP contribution in [0.5, 0.6) is 11.5 Å². The molecule has 1 saturated heterocycles. The standard InChI is InChI=1S/C22H28N4O3/c1-16(18-6-7-19-20(13-18)29-12-4-11-28-19)25-22(27)24-15-17-5-8-21(23-14-17)26-9-2-3-10-26/h5-8,13-14,16H,2-4,9-12,15H2,1H3,(H2,24,25,27). The van der Waals surface area contributed by atoms with E-state index in [-0.39, 0.29) is 12.1 Å². The molecular weight excluding hydrogens is 368 g/mol. The second kappa shape index (κ2) is 9.03. The van der Waals surface area contributed by atoms with Gasteiger partial charge >= 0.3 is 6.03 Å². The molecule has 1 aromatic carbocycles. The highest BCUT2D eigenvalue weighted by molar-refractivity contribution is 5.74. The van der Waals surface area contributed by atoms with Crippen LogP contribution in [0.3, 0.4) is 0 Å². The van der Waals surface area contributed by atoms with Gasteiger partial charge in [0.1, 0.15) is 5.82 Å². The number of benzene rings is 1. The predicted molar refractivity (Wildman–Crippen MR) is 112 cm³/mol. The monoisotopic (exact) mass is 396 g/mol. The number of carbonyl (C=O) groups excluding carboxylic acids is 1. The smallest absolute Gasteiger partial charge is 0.315 e. The van der Waals surface area contributed by atoms with E-state index in [2.05, 4.69) is 20.5 Å². The van der Waals surface area contributed by atoms with E-state index in [0.29, 0.717) is 19.8 Å². The van der Waals surface area contributed by atoms with Gasteiger partial charge in [0, 0.05) is 32.3 Å². The summed E-state index contributed by atoms with van der Waals surface area (Å²) >= 11 is 0. The Morgan fingerprint density at radius 2 is 1.90 bits per heavy atom. The number of urea groups is 1. The van der Waals surface area contributed by atoms with Crippen LogP contribution in [0.15, 0.2) is 36.5 Å². The summed E-state index contributed by atoms with van der Waals surface area (Å²) in [6, 6.07) is 9.48. The van der Waals surface area contributed by atoms with E-state index < -0.39 is 0 Å². The van der Waals surface area contributed by atoms with Crippen LogP contribution in [0, 0.1) is 0 Å². The number of nitrogens with one attached hydrogen (secondary N) is 2. The van der Waals surface area contributed by atoms with Gasteiger partial charge in [0.2, 0.25) is 0 Å². The van der Waals surface area contributed by atoms with E-state index in [1.54, 1.807) is 0 Å². The average Bonchev–Trinajstić information content (AvgIpc) is 3.18. The van der Waals surface area contributed by atoms with Crippen molar-refractivity contribution >= 4 is 11.8 Å². The van der Waals surface area contributed by atoms with Gasteiger partial charge in [0.15, 0.2) is 11.5 Å². The molecule has 0 spiro atoms. The molecule has 0 saturated carbocycles. The molecule has 2 amide bonds. The highest BCUT2D eigenvalue weighted by Gasteiger charge is 2.16. The number of hydrogen-bond acceptors (Lipinski definition) is 5. The summed E-state index contributed by atoms with van der Waals surface area (Å²) in [5, 5.41) is 5.87. The third-order valence-corrected chi connectivity index (χ3v) is 5.31. The predicted octanol–water partition coefficient (Wildman–Crippen LogP) is 3.40. The van der Waals surface area contributed by atoms with Gasteiger partial charge in [-0.2, -0.15) is 0 Å². The molecule has 2 aliphatic heterocycles. The Balaban J connectivity index is 1.28. The van der Waals surface area contributed by atoms with E-state index in [9.17, 15) is 4.79 Å². The van der Waals surface area contributed by atoms with Gasteiger partial charge in [0.25, 0.3) is 0 Å². The van der Waals surface area contributed by atoms with Crippen LogP contribution in [0.1, 0.15) is 43.4 Å². The van der Waals surface area contributed by atoms with E-state index in [1.165, 1.54) is 12.8 Å². The lowest BCUT2D eigenvalue weighted by Crippen LogP contribution is -2.36. The molecule has 7 heteroatoms. The molecule has 4 rings (SSSR count). The quantitative estimate of drug-likeness (QED) is 0.810. The van der Waals surface area contributed by atoms with Crippen molar-refractivity contribution < 1.29 is 14.3 Å². The van der Waals surface area contributed by atoms with Crippen LogP contribution < -0.4 is 25.0 Å². The molecule has 0 aliphatic carbocycles. The highest BCUT2D eigenvalue weighted by Crippen LogP contribution is 2.32. The molecule has 1 unspecified atom stereocenters. The number of aromatic nitrogens is 1. The fourth-order valence-electron chi connectivity index (χ4n) is 3.62. The Labute approximate surface area is 171 Å². The molecule has 0 bridgehead atoms. The molecule has 154 valence electrons. The fourth-order valence-corrected chi connectivity index (χ4v) is 3.62. The van der Waals surface area contributed by atoms with Gasteiger partial charge in [-0.15, -0.1) is 0 Å². The molecule has 1 aromatic heterocycles. The number of nitrogens with zero attached hydrogens (tertiary/aromatic N) is 2. The average molecular weight is 396 g/mol. The largest absolute Gasteiger partial charge is 0.490 e. The zero-order valence-corrected chi connectivity index (χ0v) is 16.8. The van der Waals surface area contributed by atoms with Crippen LogP contribution in [0.25, 0.3) is 0 Å². The van der Waals surface area contributed by atoms with Crippen molar-refractivity contribution in [1.82, 2.24) is 15.6 Å². The minimum absolute atomic E-state index is 0.150. The van der Waals surface area contributed by atoms with E-state index in [4.69, 9.17) is 9.47 Å². The van der Waals surface area contributed by atoms with Crippen LogP contribution in [-0.4, -0.2) is 37.3 Å². The maximum atomic E-state index is 12.3. The van der Waals surface area contributed by atoms with Gasteiger partial charge in [-0.1, -0.05) is 12.1 Å². The van der Waals surface area contributed by atoms with Crippen molar-refractivity contribution in [1.29, 1.82) is 0 Å². The zero-order valence-electron chi connectivity index (χ0n) is 16.8. The van der Waals surface area contributed by atoms with Crippen molar-refractivity contribution in [2.24, 2.45) is 0 Å². The lowest BCUT2D eigenvalue weighted by Gasteiger charge is -2.18. The Hall–Kier alpha value is -2.96. The van der Waals surface area contributed by atoms with E-state index >= 15 is 0 Å². The van der Waals surface area contributed by atoms with Crippen LogP contribution in [-0.2, 0) is 6.54 Å². The first-order valence-electron chi connectivity index (χ1n) is 10.3. The number of pyridine rings is 1. The highest BCUT2D eigenvalue weighted by atomic mass is 16.5. The van der Waals surface area contributed by atoms with E-state index in [1.807, 2.05) is 43.5 Å². The zero-order chi connectivity index (χ0) is 20.1. The molecule has 2 aromatic rings. The maximum Gasteiger partial charge on any atom is 0.315 e. The summed E-state index contributed by atoms with van der Waals surface area (Å²) in [4.78, 5) is 19.1. The topological polar surface area (TPSA) is 75.7 Å². The summed E-state index contributed by atoms with van der Waals surface area (Å²) in [6.07, 6.45) is 5.16. The number of amides is 2. The molecule has 2 aliphatic rings. The molecule has 2 N–H and O–H groups in total. The van der Waals surface area contributed by atoms with Crippen molar-refractivity contribution in [2.45, 2.75) is 38.8 Å². The molecule has 29 heavy (non-hydrogen) atoms. The Morgan fingerprint density at radius 1 is 1.10 bits per heavy atom. The Morgan fingerprint density at radius 3 is 2.66 bits per heavy atom. The minimum atomic E-state index is -0.215. The first-order valence-corrected chi connectivity index (χ1v) is 10.3. The molecule has 7 nitrogen and oxygen atoms in total. The Bertz CT molecular complexity index is 834. The lowest BCUT2D eigenvalue weighted by atomic mass is 10.1. The summed E-state index contributed by atoms with van der Waals surface area (Å²) in [7, 11) is 0. The summed E-state index contributed by atoms with van der Waals surface area (Å²) in [5.74, 6) is 2.50. The summed E-state index contributed by atoms with van der Waals surface area (Å²) < 4.78 is 11.4. The number of carbonyl (C=O) groups is 1. The molecule has 3 heterocycles. The van der Waals surface area contributed by atoms with Gasteiger partial charge in [-0.3, -0.25) is 0 Å². The minimum Gasteiger partial charge on any atom is -0.490 e. The second-order valence-corrected chi connectivity index (χ2v) is 7.52. The first-order chi connectivity index (χ1) is 14.2. The first kappa shape index (κ1) is 19.4. The maximum absolute atomic E-state index is 12.3. The van der Waals surface area contributed by atoms with Crippen molar-refractivity contribution in [3.05, 3.63) is 47.7 Å². The molecule has 1 atom stereocenters. The summed E-state index contributed by atoms with van der Waals surface area (Å²) in [6.45, 7) is 5.84. The Kier molecular flexibility index (Phi) is 6.03. The van der Waals surface area contributed by atoms with Gasteiger partial charge < -0.3 is 25.0 Å². The molecular formula is C22H28N4O3.